The number of thiophene rings is 1. The van der Waals surface area contributed by atoms with E-state index in [-0.39, 0.29) is 17.4 Å². The van der Waals surface area contributed by atoms with Crippen LogP contribution in [0.2, 0.25) is 4.34 Å². The third-order valence-electron chi connectivity index (χ3n) is 3.85. The number of hydrogen-bond acceptors (Lipinski definition) is 4. The summed E-state index contributed by atoms with van der Waals surface area (Å²) in [5.74, 6) is 0.0563. The number of carbonyl (C=O) groups excluding carboxylic acids is 1. The molecule has 1 atom stereocenters. The average molecular weight is 316 g/mol. The molecular weight excluding hydrogens is 294 g/mol. The second kappa shape index (κ2) is 6.43. The van der Waals surface area contributed by atoms with Crippen molar-refractivity contribution in [2.75, 3.05) is 19.6 Å². The molecule has 20 heavy (non-hydrogen) atoms. The SMILES string of the molecule is CC1(C)CN(CC(=O)NCc2ccc(Cl)s2)CCC1N. The van der Waals surface area contributed by atoms with Crippen LogP contribution < -0.4 is 11.1 Å². The van der Waals surface area contributed by atoms with E-state index in [9.17, 15) is 4.79 Å². The highest BCUT2D eigenvalue weighted by Gasteiger charge is 2.33. The Morgan fingerprint density at radius 2 is 2.35 bits per heavy atom. The first-order valence-electron chi connectivity index (χ1n) is 6.86. The van der Waals surface area contributed by atoms with E-state index in [1.807, 2.05) is 12.1 Å². The molecule has 4 nitrogen and oxygen atoms in total. The molecule has 0 radical (unpaired) electrons. The molecule has 0 saturated carbocycles. The van der Waals surface area contributed by atoms with Crippen LogP contribution in [0.5, 0.6) is 0 Å². The van der Waals surface area contributed by atoms with E-state index in [0.29, 0.717) is 13.1 Å². The third kappa shape index (κ3) is 4.19. The number of halogens is 1. The Morgan fingerprint density at radius 1 is 1.60 bits per heavy atom. The molecule has 1 unspecified atom stereocenters. The molecule has 6 heteroatoms. The van der Waals surface area contributed by atoms with Crippen molar-refractivity contribution in [1.82, 2.24) is 10.2 Å². The summed E-state index contributed by atoms with van der Waals surface area (Å²) in [7, 11) is 0. The molecule has 1 amide bonds. The van der Waals surface area contributed by atoms with Crippen LogP contribution in [0.1, 0.15) is 25.1 Å². The molecule has 1 aliphatic heterocycles. The fourth-order valence-corrected chi connectivity index (χ4v) is 3.54. The van der Waals surface area contributed by atoms with Gasteiger partial charge in [0.25, 0.3) is 0 Å². The molecule has 0 bridgehead atoms. The zero-order valence-corrected chi connectivity index (χ0v) is 13.6. The van der Waals surface area contributed by atoms with E-state index < -0.39 is 0 Å². The van der Waals surface area contributed by atoms with Crippen molar-refractivity contribution in [1.29, 1.82) is 0 Å². The average Bonchev–Trinajstić information content (AvgIpc) is 2.77. The minimum atomic E-state index is 0.0563. The first kappa shape index (κ1) is 15.8. The summed E-state index contributed by atoms with van der Waals surface area (Å²) in [4.78, 5) is 15.2. The topological polar surface area (TPSA) is 58.4 Å². The summed E-state index contributed by atoms with van der Waals surface area (Å²) in [5.41, 5.74) is 6.17. The number of carbonyl (C=O) groups is 1. The van der Waals surface area contributed by atoms with Crippen LogP contribution >= 0.6 is 22.9 Å². The quantitative estimate of drug-likeness (QED) is 0.894. The molecule has 2 heterocycles. The lowest BCUT2D eigenvalue weighted by Gasteiger charge is -2.42. The van der Waals surface area contributed by atoms with Gasteiger partial charge in [-0.3, -0.25) is 9.69 Å². The number of hydrogen-bond donors (Lipinski definition) is 2. The van der Waals surface area contributed by atoms with Gasteiger partial charge >= 0.3 is 0 Å². The fourth-order valence-electron chi connectivity index (χ4n) is 2.51. The van der Waals surface area contributed by atoms with Gasteiger partial charge < -0.3 is 11.1 Å². The second-order valence-corrected chi connectivity index (χ2v) is 7.88. The summed E-state index contributed by atoms with van der Waals surface area (Å²) in [6, 6.07) is 4.01. The van der Waals surface area contributed by atoms with Crippen molar-refractivity contribution in [2.45, 2.75) is 32.9 Å². The van der Waals surface area contributed by atoms with Crippen LogP contribution in [0.4, 0.5) is 0 Å². The summed E-state index contributed by atoms with van der Waals surface area (Å²) in [6.45, 7) is 7.07. The first-order valence-corrected chi connectivity index (χ1v) is 8.05. The summed E-state index contributed by atoms with van der Waals surface area (Å²) in [6.07, 6.45) is 0.945. The second-order valence-electron chi connectivity index (χ2n) is 6.08. The van der Waals surface area contributed by atoms with Gasteiger partial charge in [0.2, 0.25) is 5.91 Å². The molecule has 1 fully saturated rings. The van der Waals surface area contributed by atoms with Crippen LogP contribution in [-0.4, -0.2) is 36.5 Å². The molecule has 0 spiro atoms. The van der Waals surface area contributed by atoms with Gasteiger partial charge in [-0.2, -0.15) is 0 Å². The highest BCUT2D eigenvalue weighted by Crippen LogP contribution is 2.27. The number of amides is 1. The Kier molecular flexibility index (Phi) is 5.07. The first-order chi connectivity index (χ1) is 9.37. The van der Waals surface area contributed by atoms with Gasteiger partial charge in [-0.15, -0.1) is 11.3 Å². The van der Waals surface area contributed by atoms with E-state index in [2.05, 4.69) is 24.1 Å². The molecule has 112 valence electrons. The highest BCUT2D eigenvalue weighted by molar-refractivity contribution is 7.16. The minimum Gasteiger partial charge on any atom is -0.350 e. The van der Waals surface area contributed by atoms with Crippen molar-refractivity contribution in [3.63, 3.8) is 0 Å². The van der Waals surface area contributed by atoms with Gasteiger partial charge in [0.1, 0.15) is 0 Å². The van der Waals surface area contributed by atoms with Crippen LogP contribution in [0.25, 0.3) is 0 Å². The largest absolute Gasteiger partial charge is 0.350 e. The van der Waals surface area contributed by atoms with E-state index in [1.54, 1.807) is 0 Å². The normalized spacial score (nSPS) is 22.7. The van der Waals surface area contributed by atoms with Crippen LogP contribution in [0, 0.1) is 5.41 Å². The van der Waals surface area contributed by atoms with Gasteiger partial charge in [-0.05, 0) is 24.0 Å². The maximum atomic E-state index is 12.0. The highest BCUT2D eigenvalue weighted by atomic mass is 35.5. The third-order valence-corrected chi connectivity index (χ3v) is 5.08. The Morgan fingerprint density at radius 3 is 2.95 bits per heavy atom. The van der Waals surface area contributed by atoms with E-state index in [4.69, 9.17) is 17.3 Å². The van der Waals surface area contributed by atoms with Gasteiger partial charge in [-0.1, -0.05) is 25.4 Å². The minimum absolute atomic E-state index is 0.0563. The van der Waals surface area contributed by atoms with E-state index in [1.165, 1.54) is 11.3 Å². The van der Waals surface area contributed by atoms with Crippen molar-refractivity contribution in [3.8, 4) is 0 Å². The lowest BCUT2D eigenvalue weighted by Crippen LogP contribution is -2.54. The molecule has 2 rings (SSSR count). The number of nitrogens with two attached hydrogens (primary N) is 1. The Labute approximate surface area is 129 Å². The molecule has 3 N–H and O–H groups in total. The number of nitrogens with zero attached hydrogens (tertiary/aromatic N) is 1. The predicted octanol–water partition coefficient (Wildman–Crippen LogP) is 2.08. The maximum Gasteiger partial charge on any atom is 0.234 e. The van der Waals surface area contributed by atoms with Gasteiger partial charge in [-0.25, -0.2) is 0 Å². The van der Waals surface area contributed by atoms with Crippen LogP contribution in [0.15, 0.2) is 12.1 Å². The van der Waals surface area contributed by atoms with Crippen molar-refractivity contribution >= 4 is 28.8 Å². The molecule has 1 aliphatic rings. The number of rotatable bonds is 4. The molecule has 1 saturated heterocycles. The zero-order chi connectivity index (χ0) is 14.8. The monoisotopic (exact) mass is 315 g/mol. The van der Waals surface area contributed by atoms with Crippen molar-refractivity contribution < 1.29 is 4.79 Å². The molecule has 1 aromatic rings. The van der Waals surface area contributed by atoms with Crippen LogP contribution in [0.3, 0.4) is 0 Å². The number of nitrogens with one attached hydrogen (secondary N) is 1. The van der Waals surface area contributed by atoms with Gasteiger partial charge in [0.15, 0.2) is 0 Å². The molecule has 1 aromatic heterocycles. The summed E-state index contributed by atoms with van der Waals surface area (Å²) < 4.78 is 0.751. The summed E-state index contributed by atoms with van der Waals surface area (Å²) in [5, 5.41) is 2.94. The number of likely N-dealkylation sites (tertiary alicyclic amines) is 1. The molecule has 0 aliphatic carbocycles. The Bertz CT molecular complexity index is 475. The van der Waals surface area contributed by atoms with Crippen molar-refractivity contribution in [3.05, 3.63) is 21.3 Å². The van der Waals surface area contributed by atoms with Crippen LogP contribution in [-0.2, 0) is 11.3 Å². The maximum absolute atomic E-state index is 12.0. The van der Waals surface area contributed by atoms with Crippen molar-refractivity contribution in [2.24, 2.45) is 11.1 Å². The van der Waals surface area contributed by atoms with Gasteiger partial charge in [0, 0.05) is 24.0 Å². The molecular formula is C14H22ClN3OS. The molecule has 0 aromatic carbocycles. The smallest absolute Gasteiger partial charge is 0.234 e. The van der Waals surface area contributed by atoms with E-state index >= 15 is 0 Å². The van der Waals surface area contributed by atoms with E-state index in [0.717, 1.165) is 28.7 Å². The predicted molar refractivity (Wildman–Crippen MR) is 84.0 cm³/mol. The van der Waals surface area contributed by atoms with Gasteiger partial charge in [0.05, 0.1) is 17.4 Å². The Hall–Kier alpha value is -0.620. The standard InChI is InChI=1S/C14H22ClN3OS/c1-14(2)9-18(6-5-11(14)16)8-13(19)17-7-10-3-4-12(15)20-10/h3-4,11H,5-9,16H2,1-2H3,(H,17,19). The number of piperidine rings is 1. The summed E-state index contributed by atoms with van der Waals surface area (Å²) >= 11 is 7.36. The fraction of sp³-hybridized carbons (Fsp3) is 0.643. The lowest BCUT2D eigenvalue weighted by atomic mass is 9.80. The zero-order valence-electron chi connectivity index (χ0n) is 12.0. The Balaban J connectivity index is 1.77. The lowest BCUT2D eigenvalue weighted by molar-refractivity contribution is -0.123.